The third kappa shape index (κ3) is 5.45. The zero-order valence-corrected chi connectivity index (χ0v) is 20.8. The van der Waals surface area contributed by atoms with E-state index in [9.17, 15) is 18.0 Å². The summed E-state index contributed by atoms with van der Waals surface area (Å²) in [6, 6.07) is 17.6. The van der Waals surface area contributed by atoms with Gasteiger partial charge in [0.2, 0.25) is 0 Å². The van der Waals surface area contributed by atoms with Crippen LogP contribution in [-0.4, -0.2) is 30.4 Å². The Kier molecular flexibility index (Phi) is 6.73. The molecule has 0 saturated carbocycles. The lowest BCUT2D eigenvalue weighted by atomic mass is 10.1. The molecule has 192 valence electrons. The monoisotopic (exact) mass is 534 g/mol. The molecule has 0 aliphatic rings. The fourth-order valence-electron chi connectivity index (χ4n) is 4.11. The van der Waals surface area contributed by atoms with Crippen LogP contribution < -0.4 is 0 Å². The standard InChI is InChI=1S/C15H10F3N3O2.C13H11NS/c1-8-2-9(5-19-4-8)10-3-11(15(16,17)18)13-20-12(14(22)23)7-21(13)6-10;1-2-6-13-10(4-1)8-11(14-13)9-12-5-3-7-15-12/h2-7H,1H3,(H,22,23);1-8,14H,9H2. The van der Waals surface area contributed by atoms with Gasteiger partial charge in [0.25, 0.3) is 0 Å². The van der Waals surface area contributed by atoms with Gasteiger partial charge in [0.1, 0.15) is 5.65 Å². The van der Waals surface area contributed by atoms with Crippen LogP contribution in [0.1, 0.15) is 32.2 Å². The van der Waals surface area contributed by atoms with Crippen molar-refractivity contribution in [3.63, 3.8) is 0 Å². The number of halogens is 3. The molecule has 0 fully saturated rings. The number of benzene rings is 1. The minimum atomic E-state index is -4.66. The number of para-hydroxylation sites is 1. The zero-order chi connectivity index (χ0) is 26.9. The van der Waals surface area contributed by atoms with Crippen molar-refractivity contribution < 1.29 is 23.1 Å². The number of aryl methyl sites for hydroxylation is 1. The Bertz CT molecular complexity index is 1700. The molecule has 5 aromatic heterocycles. The number of aromatic amines is 1. The quantitative estimate of drug-likeness (QED) is 0.250. The van der Waals surface area contributed by atoms with Gasteiger partial charge in [-0.15, -0.1) is 11.3 Å². The predicted octanol–water partition coefficient (Wildman–Crippen LogP) is 7.24. The van der Waals surface area contributed by atoms with Crippen LogP contribution >= 0.6 is 11.3 Å². The maximum Gasteiger partial charge on any atom is 0.420 e. The van der Waals surface area contributed by atoms with Gasteiger partial charge in [0, 0.05) is 58.4 Å². The Hall–Kier alpha value is -4.44. The number of nitrogens with zero attached hydrogens (tertiary/aromatic N) is 3. The molecule has 0 unspecified atom stereocenters. The van der Waals surface area contributed by atoms with Crippen molar-refractivity contribution in [2.75, 3.05) is 0 Å². The van der Waals surface area contributed by atoms with Gasteiger partial charge in [0.15, 0.2) is 5.69 Å². The summed E-state index contributed by atoms with van der Waals surface area (Å²) in [5.74, 6) is -1.39. The smallest absolute Gasteiger partial charge is 0.420 e. The number of imidazole rings is 1. The van der Waals surface area contributed by atoms with Gasteiger partial charge >= 0.3 is 12.1 Å². The summed E-state index contributed by atoms with van der Waals surface area (Å²) < 4.78 is 40.9. The third-order valence-corrected chi connectivity index (χ3v) is 6.69. The van der Waals surface area contributed by atoms with E-state index in [1.54, 1.807) is 19.2 Å². The van der Waals surface area contributed by atoms with Crippen LogP contribution in [0.2, 0.25) is 0 Å². The number of nitrogens with one attached hydrogen (secondary N) is 1. The first-order valence-corrected chi connectivity index (χ1v) is 12.4. The minimum absolute atomic E-state index is 0.273. The topological polar surface area (TPSA) is 83.3 Å². The molecule has 2 N–H and O–H groups in total. The number of carboxylic acids is 1. The highest BCUT2D eigenvalue weighted by Gasteiger charge is 2.35. The summed E-state index contributed by atoms with van der Waals surface area (Å²) in [5.41, 5.74) is 2.20. The van der Waals surface area contributed by atoms with Gasteiger partial charge in [-0.1, -0.05) is 24.3 Å². The predicted molar refractivity (Wildman–Crippen MR) is 141 cm³/mol. The number of carbonyl (C=O) groups is 1. The first-order valence-electron chi connectivity index (χ1n) is 11.5. The van der Waals surface area contributed by atoms with E-state index in [0.717, 1.165) is 28.6 Å². The number of H-pyrrole nitrogens is 1. The number of rotatable bonds is 4. The highest BCUT2D eigenvalue weighted by Crippen LogP contribution is 2.35. The van der Waals surface area contributed by atoms with Gasteiger partial charge in [0.05, 0.1) is 5.56 Å². The summed E-state index contributed by atoms with van der Waals surface area (Å²) in [7, 11) is 0. The van der Waals surface area contributed by atoms with Crippen molar-refractivity contribution in [3.8, 4) is 11.1 Å². The molecule has 6 nitrogen and oxygen atoms in total. The van der Waals surface area contributed by atoms with Gasteiger partial charge in [-0.3, -0.25) is 4.98 Å². The molecule has 0 radical (unpaired) electrons. The second kappa shape index (κ2) is 10.1. The van der Waals surface area contributed by atoms with Crippen LogP contribution in [0, 0.1) is 6.92 Å². The van der Waals surface area contributed by atoms with E-state index >= 15 is 0 Å². The molecule has 0 atom stereocenters. The van der Waals surface area contributed by atoms with E-state index in [1.807, 2.05) is 11.3 Å². The van der Waals surface area contributed by atoms with Gasteiger partial charge in [-0.05, 0) is 53.6 Å². The average molecular weight is 535 g/mol. The Balaban J connectivity index is 0.000000168. The minimum Gasteiger partial charge on any atom is -0.476 e. The lowest BCUT2D eigenvalue weighted by molar-refractivity contribution is -0.136. The van der Waals surface area contributed by atoms with Crippen LogP contribution in [-0.2, 0) is 12.6 Å². The van der Waals surface area contributed by atoms with Gasteiger partial charge in [-0.2, -0.15) is 13.2 Å². The maximum absolute atomic E-state index is 13.3. The van der Waals surface area contributed by atoms with Crippen LogP contribution in [0.15, 0.2) is 84.8 Å². The number of alkyl halides is 3. The molecule has 0 amide bonds. The van der Waals surface area contributed by atoms with Crippen molar-refractivity contribution >= 4 is 33.9 Å². The number of fused-ring (bicyclic) bond motifs is 2. The Morgan fingerprint density at radius 3 is 2.55 bits per heavy atom. The molecule has 10 heteroatoms. The number of thiophene rings is 1. The van der Waals surface area contributed by atoms with E-state index in [4.69, 9.17) is 5.11 Å². The van der Waals surface area contributed by atoms with Gasteiger partial charge in [-0.25, -0.2) is 9.78 Å². The molecule has 6 rings (SSSR count). The molecule has 0 aliphatic carbocycles. The van der Waals surface area contributed by atoms with E-state index in [1.165, 1.54) is 33.9 Å². The largest absolute Gasteiger partial charge is 0.476 e. The number of pyridine rings is 2. The Morgan fingerprint density at radius 1 is 1.05 bits per heavy atom. The second-order valence-corrected chi connectivity index (χ2v) is 9.72. The number of aromatic nitrogens is 4. The molecule has 1 aromatic carbocycles. The summed E-state index contributed by atoms with van der Waals surface area (Å²) in [4.78, 5) is 23.3. The van der Waals surface area contributed by atoms with Crippen molar-refractivity contribution in [1.82, 2.24) is 19.4 Å². The first kappa shape index (κ1) is 25.2. The summed E-state index contributed by atoms with van der Waals surface area (Å²) in [6.45, 7) is 1.78. The second-order valence-electron chi connectivity index (χ2n) is 8.69. The normalized spacial score (nSPS) is 11.5. The van der Waals surface area contributed by atoms with E-state index < -0.39 is 29.1 Å². The number of carboxylic acid groups (broad SMARTS) is 1. The summed E-state index contributed by atoms with van der Waals surface area (Å²) in [6.07, 6.45) is 1.85. The molecule has 0 spiro atoms. The highest BCUT2D eigenvalue weighted by atomic mass is 32.1. The van der Waals surface area contributed by atoms with E-state index in [-0.39, 0.29) is 5.56 Å². The molecule has 0 bridgehead atoms. The van der Waals surface area contributed by atoms with Crippen LogP contribution in [0.3, 0.4) is 0 Å². The molecule has 6 aromatic rings. The highest BCUT2D eigenvalue weighted by molar-refractivity contribution is 7.09. The van der Waals surface area contributed by atoms with Crippen molar-refractivity contribution in [2.45, 2.75) is 19.5 Å². The Morgan fingerprint density at radius 2 is 1.87 bits per heavy atom. The van der Waals surface area contributed by atoms with E-state index in [0.29, 0.717) is 5.56 Å². The first-order chi connectivity index (χ1) is 18.2. The number of aromatic carboxylic acids is 1. The van der Waals surface area contributed by atoms with Crippen molar-refractivity contribution in [3.05, 3.63) is 112 Å². The Labute approximate surface area is 219 Å². The third-order valence-electron chi connectivity index (χ3n) is 5.81. The number of hydrogen-bond donors (Lipinski definition) is 2. The fraction of sp³-hybridized carbons (Fsp3) is 0.107. The lowest BCUT2D eigenvalue weighted by Crippen LogP contribution is -2.08. The molecule has 38 heavy (non-hydrogen) atoms. The van der Waals surface area contributed by atoms with Gasteiger partial charge < -0.3 is 14.5 Å². The lowest BCUT2D eigenvalue weighted by Gasteiger charge is -2.11. The molecular weight excluding hydrogens is 513 g/mol. The van der Waals surface area contributed by atoms with Crippen LogP contribution in [0.4, 0.5) is 13.2 Å². The molecular formula is C28H21F3N4O2S. The summed E-state index contributed by atoms with van der Waals surface area (Å²) in [5, 5.41) is 12.4. The SMILES string of the molecule is Cc1cncc(-c2cc(C(F)(F)F)c3nc(C(=O)O)cn3c2)c1.c1csc(Cc2cc3ccccc3[nH]2)c1. The van der Waals surface area contributed by atoms with Crippen molar-refractivity contribution in [1.29, 1.82) is 0 Å². The maximum atomic E-state index is 13.3. The molecule has 0 aliphatic heterocycles. The van der Waals surface area contributed by atoms with Crippen molar-refractivity contribution in [2.24, 2.45) is 0 Å². The van der Waals surface area contributed by atoms with E-state index in [2.05, 4.69) is 62.8 Å². The fourth-order valence-corrected chi connectivity index (χ4v) is 4.84. The number of hydrogen-bond acceptors (Lipinski definition) is 4. The zero-order valence-electron chi connectivity index (χ0n) is 20.0. The molecule has 0 saturated heterocycles. The molecule has 5 heterocycles. The van der Waals surface area contributed by atoms with Crippen LogP contribution in [0.5, 0.6) is 0 Å². The van der Waals surface area contributed by atoms with Crippen LogP contribution in [0.25, 0.3) is 27.7 Å². The average Bonchev–Trinajstić information content (AvgIpc) is 3.62. The summed E-state index contributed by atoms with van der Waals surface area (Å²) >= 11 is 1.81.